The maximum Gasteiger partial charge on any atom is 0.244 e. The molecule has 160 valence electrons. The number of hydrogen-bond donors (Lipinski definition) is 1. The zero-order valence-electron chi connectivity index (χ0n) is 16.2. The lowest BCUT2D eigenvalue weighted by Crippen LogP contribution is -2.38. The highest BCUT2D eigenvalue weighted by atomic mass is 79.9. The molecule has 2 aromatic carbocycles. The van der Waals surface area contributed by atoms with Crippen LogP contribution in [-0.4, -0.2) is 35.6 Å². The summed E-state index contributed by atoms with van der Waals surface area (Å²) < 4.78 is 40.8. The fraction of sp³-hybridized carbons (Fsp3) is 0.286. The van der Waals surface area contributed by atoms with Crippen molar-refractivity contribution < 1.29 is 27.6 Å². The third-order valence-corrected chi connectivity index (χ3v) is 4.75. The number of hydrogen-bond acceptors (Lipinski definition) is 3. The number of carbonyl (C=O) groups is 3. The predicted molar refractivity (Wildman–Crippen MR) is 110 cm³/mol. The molecule has 0 unspecified atom stereocenters. The van der Waals surface area contributed by atoms with Gasteiger partial charge in [-0.3, -0.25) is 14.4 Å². The molecule has 30 heavy (non-hydrogen) atoms. The first-order chi connectivity index (χ1) is 14.2. The van der Waals surface area contributed by atoms with E-state index in [1.807, 2.05) is 0 Å². The molecule has 1 N–H and O–H groups in total. The monoisotopic (exact) mass is 484 g/mol. The van der Waals surface area contributed by atoms with Crippen LogP contribution >= 0.6 is 15.9 Å². The fourth-order valence-electron chi connectivity index (χ4n) is 2.71. The number of nitrogens with zero attached hydrogens (tertiary/aromatic N) is 1. The van der Waals surface area contributed by atoms with E-state index in [0.29, 0.717) is 18.1 Å². The Hall–Kier alpha value is -2.68. The highest BCUT2D eigenvalue weighted by molar-refractivity contribution is 9.10. The van der Waals surface area contributed by atoms with Gasteiger partial charge in [0.15, 0.2) is 23.2 Å². The Kier molecular flexibility index (Phi) is 8.58. The minimum atomic E-state index is -1.69. The first kappa shape index (κ1) is 23.6. The predicted octanol–water partition coefficient (Wildman–Crippen LogP) is 4.71. The van der Waals surface area contributed by atoms with Gasteiger partial charge in [-0.15, -0.1) is 0 Å². The molecule has 0 aliphatic rings. The van der Waals surface area contributed by atoms with Crippen molar-refractivity contribution in [2.45, 2.75) is 26.2 Å². The molecular formula is C21H20BrF3N2O3. The molecule has 2 amide bonds. The van der Waals surface area contributed by atoms with Crippen molar-refractivity contribution in [2.24, 2.45) is 0 Å². The summed E-state index contributed by atoms with van der Waals surface area (Å²) in [6.45, 7) is 1.65. The van der Waals surface area contributed by atoms with Crippen molar-refractivity contribution >= 4 is 39.2 Å². The van der Waals surface area contributed by atoms with Gasteiger partial charge >= 0.3 is 0 Å². The van der Waals surface area contributed by atoms with Crippen LogP contribution in [0.2, 0.25) is 0 Å². The van der Waals surface area contributed by atoms with Crippen LogP contribution in [-0.2, 0) is 9.59 Å². The first-order valence-electron chi connectivity index (χ1n) is 9.22. The second-order valence-corrected chi connectivity index (χ2v) is 7.43. The SMILES string of the molecule is CCCN(CC(=O)Nc1ccc(F)c(F)c1F)C(=O)CCC(=O)c1ccc(Br)cc1. The van der Waals surface area contributed by atoms with Crippen LogP contribution in [0.1, 0.15) is 36.5 Å². The molecule has 0 aliphatic carbocycles. The normalized spacial score (nSPS) is 10.6. The highest BCUT2D eigenvalue weighted by Gasteiger charge is 2.20. The minimum absolute atomic E-state index is 0.0277. The lowest BCUT2D eigenvalue weighted by molar-refractivity contribution is -0.134. The number of halogens is 4. The van der Waals surface area contributed by atoms with Gasteiger partial charge < -0.3 is 10.2 Å². The number of Topliss-reactive ketones (excluding diaryl/α,β-unsaturated/α-hetero) is 1. The largest absolute Gasteiger partial charge is 0.333 e. The summed E-state index contributed by atoms with van der Waals surface area (Å²) >= 11 is 3.28. The molecule has 0 atom stereocenters. The topological polar surface area (TPSA) is 66.5 Å². The van der Waals surface area contributed by atoms with Crippen LogP contribution in [0.4, 0.5) is 18.9 Å². The van der Waals surface area contributed by atoms with Gasteiger partial charge in [0.1, 0.15) is 0 Å². The van der Waals surface area contributed by atoms with Gasteiger partial charge in [0.05, 0.1) is 12.2 Å². The summed E-state index contributed by atoms with van der Waals surface area (Å²) in [5.74, 6) is -5.97. The van der Waals surface area contributed by atoms with Crippen LogP contribution in [0.3, 0.4) is 0 Å². The lowest BCUT2D eigenvalue weighted by atomic mass is 10.1. The Labute approximate surface area is 180 Å². The van der Waals surface area contributed by atoms with Crippen LogP contribution in [0.25, 0.3) is 0 Å². The molecule has 0 bridgehead atoms. The van der Waals surface area contributed by atoms with E-state index < -0.39 is 41.5 Å². The van der Waals surface area contributed by atoms with E-state index in [-0.39, 0.29) is 25.2 Å². The average Bonchev–Trinajstić information content (AvgIpc) is 2.72. The van der Waals surface area contributed by atoms with E-state index in [9.17, 15) is 27.6 Å². The van der Waals surface area contributed by atoms with Gasteiger partial charge in [-0.05, 0) is 30.7 Å². The maximum absolute atomic E-state index is 13.7. The summed E-state index contributed by atoms with van der Waals surface area (Å²) in [5, 5.41) is 2.13. The molecule has 5 nitrogen and oxygen atoms in total. The van der Waals surface area contributed by atoms with Gasteiger partial charge in [0.25, 0.3) is 0 Å². The lowest BCUT2D eigenvalue weighted by Gasteiger charge is -2.21. The Bertz CT molecular complexity index is 936. The Balaban J connectivity index is 1.96. The van der Waals surface area contributed by atoms with E-state index in [1.54, 1.807) is 31.2 Å². The van der Waals surface area contributed by atoms with Crippen LogP contribution in [0.15, 0.2) is 40.9 Å². The Morgan fingerprint density at radius 2 is 1.63 bits per heavy atom. The van der Waals surface area contributed by atoms with Crippen LogP contribution in [0, 0.1) is 17.5 Å². The van der Waals surface area contributed by atoms with Crippen molar-refractivity contribution in [1.82, 2.24) is 4.90 Å². The summed E-state index contributed by atoms with van der Waals surface area (Å²) in [7, 11) is 0. The first-order valence-corrected chi connectivity index (χ1v) is 10.0. The van der Waals surface area contributed by atoms with E-state index in [4.69, 9.17) is 0 Å². The van der Waals surface area contributed by atoms with Crippen LogP contribution in [0.5, 0.6) is 0 Å². The van der Waals surface area contributed by atoms with Gasteiger partial charge in [0.2, 0.25) is 11.8 Å². The molecule has 0 heterocycles. The maximum atomic E-state index is 13.7. The van der Waals surface area contributed by atoms with Crippen molar-refractivity contribution in [3.8, 4) is 0 Å². The number of amides is 2. The number of carbonyl (C=O) groups excluding carboxylic acids is 3. The molecule has 0 saturated carbocycles. The number of anilines is 1. The Morgan fingerprint density at radius 3 is 2.27 bits per heavy atom. The molecule has 0 fully saturated rings. The van der Waals surface area contributed by atoms with E-state index in [1.165, 1.54) is 4.90 Å². The molecule has 2 rings (SSSR count). The molecule has 0 aromatic heterocycles. The summed E-state index contributed by atoms with van der Waals surface area (Å²) in [5.41, 5.74) is -0.0483. The third kappa shape index (κ3) is 6.41. The second kappa shape index (κ2) is 10.9. The minimum Gasteiger partial charge on any atom is -0.333 e. The summed E-state index contributed by atoms with van der Waals surface area (Å²) in [6, 6.07) is 8.32. The number of ketones is 1. The summed E-state index contributed by atoms with van der Waals surface area (Å²) in [6.07, 6.45) is 0.432. The van der Waals surface area contributed by atoms with E-state index in [0.717, 1.165) is 10.5 Å². The van der Waals surface area contributed by atoms with E-state index in [2.05, 4.69) is 21.2 Å². The number of benzene rings is 2. The van der Waals surface area contributed by atoms with Gasteiger partial charge in [-0.2, -0.15) is 0 Å². The molecular weight excluding hydrogens is 465 g/mol. The number of nitrogens with one attached hydrogen (secondary N) is 1. The van der Waals surface area contributed by atoms with Crippen molar-refractivity contribution in [1.29, 1.82) is 0 Å². The molecule has 0 saturated heterocycles. The molecule has 0 aliphatic heterocycles. The van der Waals surface area contributed by atoms with Gasteiger partial charge in [0, 0.05) is 29.4 Å². The quantitative estimate of drug-likeness (QED) is 0.414. The smallest absolute Gasteiger partial charge is 0.244 e. The standard InChI is InChI=1S/C21H20BrF3N2O3/c1-2-11-27(12-18(29)26-16-8-7-15(23)20(24)21(16)25)19(30)10-9-17(28)13-3-5-14(22)6-4-13/h3-8H,2,9-12H2,1H3,(H,26,29). The zero-order valence-corrected chi connectivity index (χ0v) is 17.8. The van der Waals surface area contributed by atoms with E-state index >= 15 is 0 Å². The third-order valence-electron chi connectivity index (χ3n) is 4.22. The molecule has 9 heteroatoms. The average molecular weight is 485 g/mol. The van der Waals surface area contributed by atoms with Gasteiger partial charge in [-0.1, -0.05) is 35.0 Å². The van der Waals surface area contributed by atoms with Crippen molar-refractivity contribution in [3.05, 3.63) is 63.9 Å². The zero-order chi connectivity index (χ0) is 22.3. The number of rotatable bonds is 9. The van der Waals surface area contributed by atoms with Crippen molar-refractivity contribution in [2.75, 3.05) is 18.4 Å². The van der Waals surface area contributed by atoms with Crippen molar-refractivity contribution in [3.63, 3.8) is 0 Å². The highest BCUT2D eigenvalue weighted by Crippen LogP contribution is 2.19. The Morgan fingerprint density at radius 1 is 0.967 bits per heavy atom. The van der Waals surface area contributed by atoms with Gasteiger partial charge in [-0.25, -0.2) is 13.2 Å². The summed E-state index contributed by atoms with van der Waals surface area (Å²) in [4.78, 5) is 38.1. The second-order valence-electron chi connectivity index (χ2n) is 6.52. The molecule has 2 aromatic rings. The molecule has 0 spiro atoms. The fourth-order valence-corrected chi connectivity index (χ4v) is 2.97. The van der Waals surface area contributed by atoms with Crippen LogP contribution < -0.4 is 5.32 Å². The molecule has 0 radical (unpaired) electrons.